The first-order chi connectivity index (χ1) is 7.70. The number of carbonyl (C=O) groups is 1. The molecule has 0 saturated carbocycles. The van der Waals surface area contributed by atoms with Gasteiger partial charge in [-0.05, 0) is 34.1 Å². The zero-order chi connectivity index (χ0) is 13.3. The zero-order valence-electron chi connectivity index (χ0n) is 11.2. The molecule has 5 heteroatoms. The number of ketones is 1. The predicted molar refractivity (Wildman–Crippen MR) is 66.0 cm³/mol. The molecule has 17 heavy (non-hydrogen) atoms. The van der Waals surface area contributed by atoms with Crippen LogP contribution in [-0.4, -0.2) is 40.5 Å². The maximum absolute atomic E-state index is 12.0. The largest absolute Gasteiger partial charge is 0.391 e. The van der Waals surface area contributed by atoms with Gasteiger partial charge in [-0.1, -0.05) is 6.92 Å². The fraction of sp³-hybridized carbons (Fsp3) is 0.833. The number of hydrogen-bond donors (Lipinski definition) is 2. The molecule has 0 aromatic heterocycles. The van der Waals surface area contributed by atoms with E-state index >= 15 is 0 Å². The minimum absolute atomic E-state index is 0.110. The van der Waals surface area contributed by atoms with Gasteiger partial charge >= 0.3 is 0 Å². The molecule has 1 fully saturated rings. The minimum Gasteiger partial charge on any atom is -0.391 e. The van der Waals surface area contributed by atoms with Gasteiger partial charge < -0.3 is 15.3 Å². The Morgan fingerprint density at radius 1 is 1.35 bits per heavy atom. The van der Waals surface area contributed by atoms with Crippen LogP contribution in [0.5, 0.6) is 0 Å². The van der Waals surface area contributed by atoms with E-state index in [-0.39, 0.29) is 5.78 Å². The van der Waals surface area contributed by atoms with Crippen LogP contribution >= 0.6 is 0 Å². The van der Waals surface area contributed by atoms with E-state index in [9.17, 15) is 9.90 Å². The van der Waals surface area contributed by atoms with Gasteiger partial charge in [0, 0.05) is 0 Å². The lowest BCUT2D eigenvalue weighted by Gasteiger charge is -2.21. The number of ether oxygens (including phenoxy) is 1. The topological polar surface area (TPSA) is 70.9 Å². The molecule has 98 valence electrons. The SMILES string of the molecule is CCC(O)CN/N=C1\C(=O)C(C)(C)OC1(C)C. The Hall–Kier alpha value is -0.940. The van der Waals surface area contributed by atoms with Crippen molar-refractivity contribution in [2.24, 2.45) is 5.10 Å². The van der Waals surface area contributed by atoms with Gasteiger partial charge in [-0.3, -0.25) is 4.79 Å². The van der Waals surface area contributed by atoms with Crippen molar-refractivity contribution < 1.29 is 14.6 Å². The molecule has 1 aliphatic rings. The minimum atomic E-state index is -0.826. The number of hydrazone groups is 1. The first kappa shape index (κ1) is 14.1. The third kappa shape index (κ3) is 3.04. The first-order valence-corrected chi connectivity index (χ1v) is 5.94. The Labute approximate surface area is 102 Å². The van der Waals surface area contributed by atoms with Crippen molar-refractivity contribution in [3.05, 3.63) is 0 Å². The second kappa shape index (κ2) is 4.74. The summed E-state index contributed by atoms with van der Waals surface area (Å²) in [5.74, 6) is -0.110. The lowest BCUT2D eigenvalue weighted by Crippen LogP contribution is -2.34. The summed E-state index contributed by atoms with van der Waals surface area (Å²) >= 11 is 0. The fourth-order valence-corrected chi connectivity index (χ4v) is 1.85. The van der Waals surface area contributed by atoms with Crippen LogP contribution in [0.15, 0.2) is 5.10 Å². The standard InChI is InChI=1S/C12H22N2O3/c1-6-8(15)7-13-14-9-10(16)12(4,5)17-11(9,2)3/h8,13,15H,6-7H2,1-5H3/b14-9+. The van der Waals surface area contributed by atoms with Crippen molar-refractivity contribution in [1.29, 1.82) is 0 Å². The van der Waals surface area contributed by atoms with Crippen LogP contribution in [0.3, 0.4) is 0 Å². The van der Waals surface area contributed by atoms with E-state index in [4.69, 9.17) is 4.74 Å². The summed E-state index contributed by atoms with van der Waals surface area (Å²) < 4.78 is 5.66. The van der Waals surface area contributed by atoms with Gasteiger partial charge in [0.25, 0.3) is 0 Å². The molecule has 0 bridgehead atoms. The highest BCUT2D eigenvalue weighted by molar-refractivity contribution is 6.46. The van der Waals surface area contributed by atoms with Gasteiger partial charge in [0.05, 0.1) is 12.6 Å². The predicted octanol–water partition coefficient (Wildman–Crippen LogP) is 0.859. The Morgan fingerprint density at radius 2 is 1.94 bits per heavy atom. The fourth-order valence-electron chi connectivity index (χ4n) is 1.85. The number of nitrogens with zero attached hydrogens (tertiary/aromatic N) is 1. The molecular formula is C12H22N2O3. The quantitative estimate of drug-likeness (QED) is 0.717. The van der Waals surface area contributed by atoms with E-state index in [1.807, 2.05) is 20.8 Å². The van der Waals surface area contributed by atoms with Crippen LogP contribution < -0.4 is 5.43 Å². The van der Waals surface area contributed by atoms with Crippen LogP contribution in [0.4, 0.5) is 0 Å². The van der Waals surface area contributed by atoms with E-state index in [1.54, 1.807) is 13.8 Å². The van der Waals surface area contributed by atoms with Crippen LogP contribution in [0.1, 0.15) is 41.0 Å². The second-order valence-corrected chi connectivity index (χ2v) is 5.34. The molecule has 0 amide bonds. The molecule has 1 heterocycles. The number of nitrogens with one attached hydrogen (secondary N) is 1. The molecule has 0 radical (unpaired) electrons. The molecule has 0 aromatic rings. The van der Waals surface area contributed by atoms with Crippen molar-refractivity contribution in [3.63, 3.8) is 0 Å². The lowest BCUT2D eigenvalue weighted by molar-refractivity contribution is -0.131. The maximum atomic E-state index is 12.0. The lowest BCUT2D eigenvalue weighted by atomic mass is 9.97. The van der Waals surface area contributed by atoms with Crippen molar-refractivity contribution in [2.45, 2.75) is 58.3 Å². The summed E-state index contributed by atoms with van der Waals surface area (Å²) in [5.41, 5.74) is 1.60. The molecule has 0 aromatic carbocycles. The molecule has 0 spiro atoms. The Kier molecular flexibility index (Phi) is 3.94. The summed E-state index contributed by atoms with van der Waals surface area (Å²) in [6.07, 6.45) is 0.199. The van der Waals surface area contributed by atoms with Gasteiger partial charge in [0.2, 0.25) is 5.78 Å². The second-order valence-electron chi connectivity index (χ2n) is 5.34. The molecule has 5 nitrogen and oxygen atoms in total. The number of aliphatic hydroxyl groups is 1. The first-order valence-electron chi connectivity index (χ1n) is 5.94. The average Bonchev–Trinajstić information content (AvgIpc) is 2.35. The van der Waals surface area contributed by atoms with Gasteiger partial charge in [-0.2, -0.15) is 5.10 Å². The maximum Gasteiger partial charge on any atom is 0.212 e. The van der Waals surface area contributed by atoms with Crippen molar-refractivity contribution in [1.82, 2.24) is 5.43 Å². The number of rotatable bonds is 4. The Morgan fingerprint density at radius 3 is 2.35 bits per heavy atom. The molecule has 0 aliphatic carbocycles. The number of hydrogen-bond acceptors (Lipinski definition) is 5. The van der Waals surface area contributed by atoms with E-state index in [0.29, 0.717) is 18.7 Å². The highest BCUT2D eigenvalue weighted by Crippen LogP contribution is 2.31. The van der Waals surface area contributed by atoms with Gasteiger partial charge in [-0.15, -0.1) is 0 Å². The van der Waals surface area contributed by atoms with Gasteiger partial charge in [0.1, 0.15) is 16.9 Å². The third-order valence-corrected chi connectivity index (χ3v) is 2.83. The zero-order valence-corrected chi connectivity index (χ0v) is 11.2. The van der Waals surface area contributed by atoms with E-state index in [2.05, 4.69) is 10.5 Å². The van der Waals surface area contributed by atoms with E-state index < -0.39 is 17.3 Å². The summed E-state index contributed by atoms with van der Waals surface area (Å²) in [4.78, 5) is 12.0. The smallest absolute Gasteiger partial charge is 0.212 e. The van der Waals surface area contributed by atoms with Crippen LogP contribution in [0.25, 0.3) is 0 Å². The van der Waals surface area contributed by atoms with Gasteiger partial charge in [0.15, 0.2) is 0 Å². The van der Waals surface area contributed by atoms with Crippen molar-refractivity contribution >= 4 is 11.5 Å². The molecule has 1 unspecified atom stereocenters. The van der Waals surface area contributed by atoms with Crippen molar-refractivity contribution in [2.75, 3.05) is 6.54 Å². The number of aliphatic hydroxyl groups excluding tert-OH is 1. The summed E-state index contributed by atoms with van der Waals surface area (Å²) in [5, 5.41) is 13.5. The summed E-state index contributed by atoms with van der Waals surface area (Å²) in [6.45, 7) is 9.33. The molecule has 1 aliphatic heterocycles. The monoisotopic (exact) mass is 242 g/mol. The van der Waals surface area contributed by atoms with E-state index in [0.717, 1.165) is 0 Å². The normalized spacial score (nSPS) is 26.2. The Balaban J connectivity index is 2.75. The van der Waals surface area contributed by atoms with Crippen LogP contribution in [0, 0.1) is 0 Å². The highest BCUT2D eigenvalue weighted by atomic mass is 16.5. The molecule has 1 rings (SSSR count). The summed E-state index contributed by atoms with van der Waals surface area (Å²) in [7, 11) is 0. The summed E-state index contributed by atoms with van der Waals surface area (Å²) in [6, 6.07) is 0. The highest BCUT2D eigenvalue weighted by Gasteiger charge is 2.51. The average molecular weight is 242 g/mol. The number of Topliss-reactive ketones (excluding diaryl/α,β-unsaturated/α-hetero) is 1. The van der Waals surface area contributed by atoms with Crippen LogP contribution in [-0.2, 0) is 9.53 Å². The molecule has 1 atom stereocenters. The third-order valence-electron chi connectivity index (χ3n) is 2.83. The van der Waals surface area contributed by atoms with Crippen LogP contribution in [0.2, 0.25) is 0 Å². The molecular weight excluding hydrogens is 220 g/mol. The number of carbonyl (C=O) groups excluding carboxylic acids is 1. The molecule has 2 N–H and O–H groups in total. The van der Waals surface area contributed by atoms with E-state index in [1.165, 1.54) is 0 Å². The molecule has 1 saturated heterocycles. The van der Waals surface area contributed by atoms with Gasteiger partial charge in [-0.25, -0.2) is 0 Å². The Bertz CT molecular complexity index is 335. The van der Waals surface area contributed by atoms with Crippen molar-refractivity contribution in [3.8, 4) is 0 Å².